The molecule has 0 amide bonds. The minimum absolute atomic E-state index is 0.402. The molecule has 0 spiro atoms. The van der Waals surface area contributed by atoms with Gasteiger partial charge in [-0.2, -0.15) is 0 Å². The van der Waals surface area contributed by atoms with Gasteiger partial charge in [0.25, 0.3) is 10.0 Å². The highest BCUT2D eigenvalue weighted by Gasteiger charge is 2.39. The van der Waals surface area contributed by atoms with E-state index in [1.807, 2.05) is 34.7 Å². The van der Waals surface area contributed by atoms with E-state index >= 15 is 0 Å². The second-order valence-corrected chi connectivity index (χ2v) is 8.71. The highest BCUT2D eigenvalue weighted by Crippen LogP contribution is 2.35. The van der Waals surface area contributed by atoms with Crippen LogP contribution in [0.5, 0.6) is 0 Å². The summed E-state index contributed by atoms with van der Waals surface area (Å²) in [6.45, 7) is 0. The van der Waals surface area contributed by atoms with Gasteiger partial charge in [-0.25, -0.2) is 13.4 Å². The van der Waals surface area contributed by atoms with E-state index in [9.17, 15) is 8.42 Å². The van der Waals surface area contributed by atoms with Crippen molar-refractivity contribution in [1.82, 2.24) is 4.98 Å². The molecule has 1 atom stereocenters. The van der Waals surface area contributed by atoms with E-state index in [1.54, 1.807) is 23.7 Å². The monoisotopic (exact) mass is 368 g/mol. The third-order valence-corrected chi connectivity index (χ3v) is 7.10. The topological polar surface area (TPSA) is 59.1 Å². The first-order valence-electron chi connectivity index (χ1n) is 4.49. The van der Waals surface area contributed by atoms with Crippen molar-refractivity contribution >= 4 is 49.1 Å². The second-order valence-electron chi connectivity index (χ2n) is 3.22. The Morgan fingerprint density at radius 1 is 1.50 bits per heavy atom. The number of nitrogens with zero attached hydrogens (tertiary/aromatic N) is 1. The first kappa shape index (κ1) is 12.1. The van der Waals surface area contributed by atoms with Crippen LogP contribution in [0.25, 0.3) is 0 Å². The van der Waals surface area contributed by atoms with Crippen LogP contribution < -0.4 is 4.72 Å². The molecule has 1 aromatic heterocycles. The Hall–Kier alpha value is -0.410. The zero-order chi connectivity index (χ0) is 11.6. The van der Waals surface area contributed by atoms with Crippen molar-refractivity contribution in [3.8, 4) is 0 Å². The summed E-state index contributed by atoms with van der Waals surface area (Å²) in [5.74, 6) is 0. The second kappa shape index (κ2) is 4.46. The zero-order valence-corrected chi connectivity index (χ0v) is 11.9. The predicted molar refractivity (Wildman–Crippen MR) is 74.3 cm³/mol. The lowest BCUT2D eigenvalue weighted by molar-refractivity contribution is 0.591. The zero-order valence-electron chi connectivity index (χ0n) is 8.13. The molecule has 86 valence electrons. The summed E-state index contributed by atoms with van der Waals surface area (Å²) in [4.78, 5) is 3.91. The average molecular weight is 368 g/mol. The maximum absolute atomic E-state index is 12.1. The largest absolute Gasteiger partial charge is 0.257 e. The molecule has 0 bridgehead atoms. The molecule has 0 aliphatic heterocycles. The van der Waals surface area contributed by atoms with Gasteiger partial charge in [-0.3, -0.25) is 4.72 Å². The van der Waals surface area contributed by atoms with Gasteiger partial charge in [-0.15, -0.1) is 11.3 Å². The van der Waals surface area contributed by atoms with Crippen molar-refractivity contribution in [3.63, 3.8) is 0 Å². The van der Waals surface area contributed by atoms with Crippen molar-refractivity contribution in [2.45, 2.75) is 9.17 Å². The molecule has 2 rings (SSSR count). The number of hydrogen-bond acceptors (Lipinski definition) is 4. The lowest BCUT2D eigenvalue weighted by Gasteiger charge is -2.24. The predicted octanol–water partition coefficient (Wildman–Crippen LogP) is 2.53. The lowest BCUT2D eigenvalue weighted by Crippen LogP contribution is -2.35. The van der Waals surface area contributed by atoms with Gasteiger partial charge in [0.05, 0.1) is 0 Å². The molecule has 1 N–H and O–H groups in total. The van der Waals surface area contributed by atoms with Crippen LogP contribution in [0.3, 0.4) is 0 Å². The standard InChI is InChI=1S/C9H9IN2O2S2/c10-9(4-2-1-3-5-9)16(13,14)12-8-11-6-7-15-8/h1-4,6-7H,5H2,(H,11,12). The fourth-order valence-electron chi connectivity index (χ4n) is 1.25. The van der Waals surface area contributed by atoms with Gasteiger partial charge in [-0.05, 0) is 6.42 Å². The van der Waals surface area contributed by atoms with E-state index in [0.717, 1.165) is 0 Å². The van der Waals surface area contributed by atoms with Crippen LogP contribution in [0.15, 0.2) is 35.9 Å². The van der Waals surface area contributed by atoms with Gasteiger partial charge < -0.3 is 0 Å². The van der Waals surface area contributed by atoms with Crippen LogP contribution in [0, 0.1) is 0 Å². The molecule has 0 saturated heterocycles. The van der Waals surface area contributed by atoms with Gasteiger partial charge in [0.1, 0.15) is 0 Å². The van der Waals surface area contributed by atoms with E-state index in [1.165, 1.54) is 11.3 Å². The van der Waals surface area contributed by atoms with Gasteiger partial charge in [0.15, 0.2) is 7.89 Å². The van der Waals surface area contributed by atoms with E-state index in [2.05, 4.69) is 9.71 Å². The normalized spacial score (nSPS) is 24.6. The van der Waals surface area contributed by atoms with Crippen LogP contribution in [0.1, 0.15) is 6.42 Å². The summed E-state index contributed by atoms with van der Waals surface area (Å²) in [6.07, 6.45) is 9.15. The summed E-state index contributed by atoms with van der Waals surface area (Å²) in [6, 6.07) is 0. The van der Waals surface area contributed by atoms with E-state index in [4.69, 9.17) is 0 Å². The molecular weight excluding hydrogens is 359 g/mol. The Bertz CT molecular complexity index is 522. The molecule has 0 radical (unpaired) electrons. The van der Waals surface area contributed by atoms with E-state index in [0.29, 0.717) is 11.6 Å². The van der Waals surface area contributed by atoms with Gasteiger partial charge in [0.2, 0.25) is 0 Å². The van der Waals surface area contributed by atoms with Crippen molar-refractivity contribution in [2.24, 2.45) is 0 Å². The molecule has 7 heteroatoms. The molecule has 1 heterocycles. The molecule has 0 saturated carbocycles. The van der Waals surface area contributed by atoms with Crippen LogP contribution >= 0.6 is 33.9 Å². The Balaban J connectivity index is 2.26. The molecule has 0 fully saturated rings. The lowest BCUT2D eigenvalue weighted by atomic mass is 10.2. The average Bonchev–Trinajstić information content (AvgIpc) is 2.70. The number of halogens is 1. The molecule has 16 heavy (non-hydrogen) atoms. The molecular formula is C9H9IN2O2S2. The number of hydrogen-bond donors (Lipinski definition) is 1. The minimum Gasteiger partial charge on any atom is -0.257 e. The van der Waals surface area contributed by atoms with Crippen LogP contribution in [0.4, 0.5) is 5.13 Å². The number of anilines is 1. The molecule has 1 aromatic rings. The smallest absolute Gasteiger partial charge is 0.253 e. The van der Waals surface area contributed by atoms with Crippen molar-refractivity contribution < 1.29 is 8.42 Å². The number of sulfonamides is 1. The van der Waals surface area contributed by atoms with Gasteiger partial charge >= 0.3 is 0 Å². The summed E-state index contributed by atoms with van der Waals surface area (Å²) in [7, 11) is -3.46. The third-order valence-electron chi connectivity index (χ3n) is 2.09. The number of allylic oxidation sites excluding steroid dienone is 3. The minimum atomic E-state index is -3.46. The molecule has 4 nitrogen and oxygen atoms in total. The summed E-state index contributed by atoms with van der Waals surface area (Å²) in [5, 5.41) is 2.13. The highest BCUT2D eigenvalue weighted by atomic mass is 127. The van der Waals surface area contributed by atoms with E-state index in [-0.39, 0.29) is 0 Å². The molecule has 1 aliphatic rings. The number of aromatic nitrogens is 1. The molecule has 1 aliphatic carbocycles. The quantitative estimate of drug-likeness (QED) is 0.659. The Kier molecular flexibility index (Phi) is 3.36. The Labute approximate surface area is 112 Å². The maximum Gasteiger partial charge on any atom is 0.253 e. The van der Waals surface area contributed by atoms with Crippen molar-refractivity contribution in [2.75, 3.05) is 4.72 Å². The summed E-state index contributed by atoms with van der Waals surface area (Å²) >= 11 is 3.21. The van der Waals surface area contributed by atoms with Gasteiger partial charge in [-0.1, -0.05) is 46.9 Å². The van der Waals surface area contributed by atoms with Crippen LogP contribution in [-0.4, -0.2) is 16.2 Å². The number of alkyl halides is 1. The van der Waals surface area contributed by atoms with Crippen LogP contribution in [0.2, 0.25) is 0 Å². The molecule has 0 aromatic carbocycles. The maximum atomic E-state index is 12.1. The first-order valence-corrected chi connectivity index (χ1v) is 7.93. The Morgan fingerprint density at radius 2 is 2.31 bits per heavy atom. The number of nitrogens with one attached hydrogen (secondary N) is 1. The first-order chi connectivity index (χ1) is 7.54. The summed E-state index contributed by atoms with van der Waals surface area (Å²) in [5.41, 5.74) is 0. The number of thiazole rings is 1. The summed E-state index contributed by atoms with van der Waals surface area (Å²) < 4.78 is 25.8. The fourth-order valence-corrected chi connectivity index (χ4v) is 3.96. The fraction of sp³-hybridized carbons (Fsp3) is 0.222. The van der Waals surface area contributed by atoms with Gasteiger partial charge in [0, 0.05) is 11.6 Å². The van der Waals surface area contributed by atoms with E-state index < -0.39 is 12.8 Å². The van der Waals surface area contributed by atoms with Crippen LogP contribution in [-0.2, 0) is 10.0 Å². The SMILES string of the molecule is O=S(=O)(Nc1nccs1)C1(I)C=CC=CC1. The number of rotatable bonds is 3. The van der Waals surface area contributed by atoms with Crippen molar-refractivity contribution in [3.05, 3.63) is 35.9 Å². The Morgan fingerprint density at radius 3 is 2.88 bits per heavy atom. The van der Waals surface area contributed by atoms with Crippen molar-refractivity contribution in [1.29, 1.82) is 0 Å². The molecule has 1 unspecified atom stereocenters. The third kappa shape index (κ3) is 2.30. The highest BCUT2D eigenvalue weighted by molar-refractivity contribution is 14.1.